The lowest BCUT2D eigenvalue weighted by Gasteiger charge is -2.01. The van der Waals surface area contributed by atoms with Gasteiger partial charge in [-0.3, -0.25) is 14.9 Å². The highest BCUT2D eigenvalue weighted by Crippen LogP contribution is 2.11. The molecule has 0 aromatic carbocycles. The molecule has 2 aromatic heterocycles. The van der Waals surface area contributed by atoms with E-state index >= 15 is 0 Å². The number of hydrogen-bond donors (Lipinski definition) is 3. The molecule has 82 valence electrons. The maximum Gasteiger partial charge on any atom is 0.258 e. The molecule has 0 aliphatic heterocycles. The standard InChI is InChI=1S/C10H10N4O2/c1-6-2-9(14-13-6)12-10(16)7-3-8(15)5-11-4-7/h2-5,15H,1H3,(H2,12,13,14,16). The summed E-state index contributed by atoms with van der Waals surface area (Å²) in [5.41, 5.74) is 1.13. The summed E-state index contributed by atoms with van der Waals surface area (Å²) in [5.74, 6) is 0.0200. The lowest BCUT2D eigenvalue weighted by Crippen LogP contribution is -2.12. The first kappa shape index (κ1) is 10.2. The zero-order chi connectivity index (χ0) is 11.5. The molecule has 6 heteroatoms. The van der Waals surface area contributed by atoms with E-state index in [9.17, 15) is 4.79 Å². The predicted octanol–water partition coefficient (Wildman–Crippen LogP) is 1.07. The molecule has 0 bridgehead atoms. The normalized spacial score (nSPS) is 10.1. The number of aryl methyl sites for hydroxylation is 1. The van der Waals surface area contributed by atoms with E-state index in [2.05, 4.69) is 20.5 Å². The molecule has 6 nitrogen and oxygen atoms in total. The third-order valence-corrected chi connectivity index (χ3v) is 1.93. The van der Waals surface area contributed by atoms with Gasteiger partial charge in [-0.1, -0.05) is 0 Å². The number of amides is 1. The van der Waals surface area contributed by atoms with Crippen molar-refractivity contribution in [2.45, 2.75) is 6.92 Å². The van der Waals surface area contributed by atoms with Crippen LogP contribution in [0.15, 0.2) is 24.5 Å². The highest BCUT2D eigenvalue weighted by molar-refractivity contribution is 6.03. The average molecular weight is 218 g/mol. The van der Waals surface area contributed by atoms with E-state index in [1.807, 2.05) is 6.92 Å². The van der Waals surface area contributed by atoms with Crippen molar-refractivity contribution in [2.75, 3.05) is 5.32 Å². The van der Waals surface area contributed by atoms with Crippen molar-refractivity contribution < 1.29 is 9.90 Å². The summed E-state index contributed by atoms with van der Waals surface area (Å²) in [6.07, 6.45) is 2.63. The number of aromatic hydroxyl groups is 1. The first-order chi connectivity index (χ1) is 7.65. The van der Waals surface area contributed by atoms with Crippen LogP contribution in [0.1, 0.15) is 16.1 Å². The van der Waals surface area contributed by atoms with Crippen LogP contribution in [0.4, 0.5) is 5.82 Å². The van der Waals surface area contributed by atoms with Crippen molar-refractivity contribution >= 4 is 11.7 Å². The topological polar surface area (TPSA) is 90.9 Å². The minimum atomic E-state index is -0.366. The van der Waals surface area contributed by atoms with Crippen molar-refractivity contribution in [1.29, 1.82) is 0 Å². The SMILES string of the molecule is Cc1cc(NC(=O)c2cncc(O)c2)n[nH]1. The zero-order valence-corrected chi connectivity index (χ0v) is 8.56. The van der Waals surface area contributed by atoms with Crippen LogP contribution in [0.3, 0.4) is 0 Å². The van der Waals surface area contributed by atoms with Crippen molar-refractivity contribution in [3.63, 3.8) is 0 Å². The van der Waals surface area contributed by atoms with Crippen LogP contribution in [-0.4, -0.2) is 26.2 Å². The van der Waals surface area contributed by atoms with Crippen molar-refractivity contribution in [2.24, 2.45) is 0 Å². The highest BCUT2D eigenvalue weighted by Gasteiger charge is 2.08. The maximum absolute atomic E-state index is 11.7. The van der Waals surface area contributed by atoms with E-state index < -0.39 is 0 Å². The maximum atomic E-state index is 11.7. The van der Waals surface area contributed by atoms with Gasteiger partial charge in [-0.15, -0.1) is 0 Å². The number of H-pyrrole nitrogens is 1. The van der Waals surface area contributed by atoms with Gasteiger partial charge in [0.25, 0.3) is 5.91 Å². The molecule has 2 rings (SSSR count). The summed E-state index contributed by atoms with van der Waals surface area (Å²) in [4.78, 5) is 15.4. The minimum Gasteiger partial charge on any atom is -0.506 e. The van der Waals surface area contributed by atoms with Crippen LogP contribution < -0.4 is 5.32 Å². The van der Waals surface area contributed by atoms with Crippen LogP contribution in [0, 0.1) is 6.92 Å². The van der Waals surface area contributed by atoms with Gasteiger partial charge in [-0.05, 0) is 13.0 Å². The molecule has 0 fully saturated rings. The Labute approximate surface area is 91.3 Å². The highest BCUT2D eigenvalue weighted by atomic mass is 16.3. The second-order valence-corrected chi connectivity index (χ2v) is 3.32. The van der Waals surface area contributed by atoms with E-state index in [1.165, 1.54) is 18.5 Å². The summed E-state index contributed by atoms with van der Waals surface area (Å²) >= 11 is 0. The Morgan fingerprint density at radius 3 is 2.88 bits per heavy atom. The van der Waals surface area contributed by atoms with E-state index in [0.29, 0.717) is 5.82 Å². The number of hydrogen-bond acceptors (Lipinski definition) is 4. The van der Waals surface area contributed by atoms with Gasteiger partial charge in [0.2, 0.25) is 0 Å². The Morgan fingerprint density at radius 1 is 1.44 bits per heavy atom. The fourth-order valence-electron chi connectivity index (χ4n) is 1.22. The third-order valence-electron chi connectivity index (χ3n) is 1.93. The molecule has 3 N–H and O–H groups in total. The zero-order valence-electron chi connectivity index (χ0n) is 8.56. The molecule has 1 amide bonds. The van der Waals surface area contributed by atoms with Crippen LogP contribution >= 0.6 is 0 Å². The summed E-state index contributed by atoms with van der Waals surface area (Å²) in [7, 11) is 0. The molecule has 0 atom stereocenters. The molecule has 0 saturated carbocycles. The van der Waals surface area contributed by atoms with Gasteiger partial charge < -0.3 is 10.4 Å². The molecular weight excluding hydrogens is 208 g/mol. The summed E-state index contributed by atoms with van der Waals surface area (Å²) in [6, 6.07) is 3.04. The molecule has 16 heavy (non-hydrogen) atoms. The Kier molecular flexibility index (Phi) is 2.55. The Balaban J connectivity index is 2.14. The van der Waals surface area contributed by atoms with Gasteiger partial charge in [-0.25, -0.2) is 0 Å². The predicted molar refractivity (Wildman–Crippen MR) is 57.2 cm³/mol. The fraction of sp³-hybridized carbons (Fsp3) is 0.100. The summed E-state index contributed by atoms with van der Waals surface area (Å²) in [6.45, 7) is 1.83. The number of pyridine rings is 1. The number of carbonyl (C=O) groups is 1. The molecular formula is C10H10N4O2. The number of aromatic amines is 1. The summed E-state index contributed by atoms with van der Waals surface area (Å²) in [5, 5.41) is 18.3. The Morgan fingerprint density at radius 2 is 2.25 bits per heavy atom. The van der Waals surface area contributed by atoms with Crippen LogP contribution in [0.2, 0.25) is 0 Å². The van der Waals surface area contributed by atoms with Gasteiger partial charge in [0.1, 0.15) is 5.75 Å². The molecule has 0 saturated heterocycles. The Bertz CT molecular complexity index is 521. The molecule has 0 aliphatic rings. The molecule has 0 radical (unpaired) electrons. The lowest BCUT2D eigenvalue weighted by molar-refractivity contribution is 0.102. The second kappa shape index (κ2) is 4.01. The van der Waals surface area contributed by atoms with E-state index in [-0.39, 0.29) is 17.2 Å². The number of aromatic nitrogens is 3. The first-order valence-electron chi connectivity index (χ1n) is 4.62. The quantitative estimate of drug-likeness (QED) is 0.703. The van der Waals surface area contributed by atoms with Crippen LogP contribution in [0.5, 0.6) is 5.75 Å². The first-order valence-corrected chi connectivity index (χ1v) is 4.62. The third kappa shape index (κ3) is 2.17. The second-order valence-electron chi connectivity index (χ2n) is 3.32. The van der Waals surface area contributed by atoms with E-state index in [1.54, 1.807) is 6.07 Å². The van der Waals surface area contributed by atoms with Gasteiger partial charge in [-0.2, -0.15) is 5.10 Å². The van der Waals surface area contributed by atoms with Gasteiger partial charge in [0.15, 0.2) is 5.82 Å². The lowest BCUT2D eigenvalue weighted by atomic mass is 10.2. The molecule has 2 heterocycles. The monoisotopic (exact) mass is 218 g/mol. The van der Waals surface area contributed by atoms with E-state index in [0.717, 1.165) is 5.69 Å². The van der Waals surface area contributed by atoms with Gasteiger partial charge in [0, 0.05) is 18.0 Å². The fourth-order valence-corrected chi connectivity index (χ4v) is 1.22. The molecule has 0 unspecified atom stereocenters. The number of nitrogens with zero attached hydrogens (tertiary/aromatic N) is 2. The molecule has 2 aromatic rings. The average Bonchev–Trinajstić information content (AvgIpc) is 2.64. The number of carbonyl (C=O) groups excluding carboxylic acids is 1. The van der Waals surface area contributed by atoms with Crippen molar-refractivity contribution in [3.05, 3.63) is 35.8 Å². The molecule has 0 spiro atoms. The van der Waals surface area contributed by atoms with Crippen molar-refractivity contribution in [3.8, 4) is 5.75 Å². The van der Waals surface area contributed by atoms with Gasteiger partial charge in [0.05, 0.1) is 11.8 Å². The summed E-state index contributed by atoms with van der Waals surface area (Å²) < 4.78 is 0. The van der Waals surface area contributed by atoms with Gasteiger partial charge >= 0.3 is 0 Å². The van der Waals surface area contributed by atoms with Crippen LogP contribution in [0.25, 0.3) is 0 Å². The minimum absolute atomic E-state index is 0.0501. The number of anilines is 1. The number of rotatable bonds is 2. The number of nitrogens with one attached hydrogen (secondary N) is 2. The van der Waals surface area contributed by atoms with Crippen LogP contribution in [-0.2, 0) is 0 Å². The largest absolute Gasteiger partial charge is 0.506 e. The van der Waals surface area contributed by atoms with E-state index in [4.69, 9.17) is 5.11 Å². The van der Waals surface area contributed by atoms with Crippen molar-refractivity contribution in [1.82, 2.24) is 15.2 Å². The smallest absolute Gasteiger partial charge is 0.258 e. The Hall–Kier alpha value is -2.37. The molecule has 0 aliphatic carbocycles.